The Kier molecular flexibility index (Phi) is 2.87. The summed E-state index contributed by atoms with van der Waals surface area (Å²) in [5, 5.41) is 0.834. The zero-order chi connectivity index (χ0) is 12.4. The molecule has 0 unspecified atom stereocenters. The molecule has 17 heavy (non-hydrogen) atoms. The molecule has 0 aliphatic heterocycles. The predicted octanol–water partition coefficient (Wildman–Crippen LogP) is 2.27. The Balaban J connectivity index is 2.36. The Morgan fingerprint density at radius 3 is 3.00 bits per heavy atom. The molecule has 88 valence electrons. The summed E-state index contributed by atoms with van der Waals surface area (Å²) in [6.45, 7) is 4.07. The van der Waals surface area contributed by atoms with Crippen LogP contribution in [-0.2, 0) is 0 Å². The maximum absolute atomic E-state index is 11.9. The van der Waals surface area contributed by atoms with Gasteiger partial charge < -0.3 is 15.1 Å². The summed E-state index contributed by atoms with van der Waals surface area (Å²) >= 11 is 0. The molecule has 0 fully saturated rings. The van der Waals surface area contributed by atoms with Gasteiger partial charge in [-0.25, -0.2) is 0 Å². The number of fused-ring (bicyclic) bond motifs is 1. The number of nitrogens with zero attached hydrogens (tertiary/aromatic N) is 1. The van der Waals surface area contributed by atoms with E-state index in [1.54, 1.807) is 37.4 Å². The van der Waals surface area contributed by atoms with Crippen molar-refractivity contribution in [3.8, 4) is 0 Å². The van der Waals surface area contributed by atoms with Crippen LogP contribution in [0.3, 0.4) is 0 Å². The van der Waals surface area contributed by atoms with E-state index in [9.17, 15) is 4.79 Å². The lowest BCUT2D eigenvalue weighted by atomic mass is 10.2. The van der Waals surface area contributed by atoms with Gasteiger partial charge in [0.2, 0.25) is 0 Å². The number of carbonyl (C=O) groups is 1. The molecule has 1 amide bonds. The molecule has 0 saturated carbocycles. The van der Waals surface area contributed by atoms with E-state index in [0.717, 1.165) is 5.39 Å². The van der Waals surface area contributed by atoms with Crippen LogP contribution in [0.15, 0.2) is 41.3 Å². The average molecular weight is 230 g/mol. The first-order valence-corrected chi connectivity index (χ1v) is 5.27. The second-order valence-corrected chi connectivity index (χ2v) is 3.88. The minimum Gasteiger partial charge on any atom is -0.451 e. The highest BCUT2D eigenvalue weighted by atomic mass is 16.3. The number of carbonyl (C=O) groups excluding carboxylic acids is 1. The van der Waals surface area contributed by atoms with Crippen LogP contribution in [-0.4, -0.2) is 24.4 Å². The summed E-state index contributed by atoms with van der Waals surface area (Å²) in [7, 11) is 1.70. The molecule has 1 aromatic heterocycles. The number of hydrogen-bond donors (Lipinski definition) is 1. The number of nitrogen functional groups attached to an aromatic ring is 1. The van der Waals surface area contributed by atoms with Gasteiger partial charge in [0, 0.05) is 24.7 Å². The molecule has 2 rings (SSSR count). The molecule has 0 saturated heterocycles. The molecule has 0 radical (unpaired) electrons. The Morgan fingerprint density at radius 2 is 2.29 bits per heavy atom. The van der Waals surface area contributed by atoms with Crippen molar-refractivity contribution in [2.45, 2.75) is 0 Å². The Bertz CT molecular complexity index is 572. The highest BCUT2D eigenvalue weighted by molar-refractivity contribution is 5.96. The maximum Gasteiger partial charge on any atom is 0.289 e. The topological polar surface area (TPSA) is 59.5 Å². The molecule has 1 aromatic carbocycles. The lowest BCUT2D eigenvalue weighted by Gasteiger charge is -2.12. The number of rotatable bonds is 3. The van der Waals surface area contributed by atoms with Gasteiger partial charge >= 0.3 is 0 Å². The van der Waals surface area contributed by atoms with Crippen LogP contribution in [0.25, 0.3) is 11.0 Å². The van der Waals surface area contributed by atoms with Crippen molar-refractivity contribution < 1.29 is 9.21 Å². The van der Waals surface area contributed by atoms with Gasteiger partial charge in [-0.2, -0.15) is 0 Å². The van der Waals surface area contributed by atoms with Crippen LogP contribution in [0, 0.1) is 0 Å². The number of hydrogen-bond acceptors (Lipinski definition) is 3. The molecule has 4 heteroatoms. The van der Waals surface area contributed by atoms with Crippen LogP contribution in [0.4, 0.5) is 5.69 Å². The van der Waals surface area contributed by atoms with E-state index in [4.69, 9.17) is 10.2 Å². The largest absolute Gasteiger partial charge is 0.451 e. The third-order valence-electron chi connectivity index (χ3n) is 2.50. The lowest BCUT2D eigenvalue weighted by molar-refractivity contribution is 0.0781. The molecule has 2 aromatic rings. The number of likely N-dealkylation sites (N-methyl/N-ethyl adjacent to an activating group) is 1. The normalized spacial score (nSPS) is 10.4. The van der Waals surface area contributed by atoms with Crippen LogP contribution in [0.1, 0.15) is 10.6 Å². The second-order valence-electron chi connectivity index (χ2n) is 3.88. The SMILES string of the molecule is C=CCN(C)C(=O)c1cc2cc(N)ccc2o1. The highest BCUT2D eigenvalue weighted by Crippen LogP contribution is 2.22. The van der Waals surface area contributed by atoms with Crippen LogP contribution >= 0.6 is 0 Å². The van der Waals surface area contributed by atoms with Crippen LogP contribution in [0.2, 0.25) is 0 Å². The number of furan rings is 1. The van der Waals surface area contributed by atoms with Crippen molar-refractivity contribution in [3.63, 3.8) is 0 Å². The average Bonchev–Trinajstić information content (AvgIpc) is 2.71. The number of nitrogens with two attached hydrogens (primary N) is 1. The summed E-state index contributed by atoms with van der Waals surface area (Å²) in [5.41, 5.74) is 6.98. The van der Waals surface area contributed by atoms with Gasteiger partial charge in [-0.15, -0.1) is 6.58 Å². The fraction of sp³-hybridized carbons (Fsp3) is 0.154. The molecule has 0 aliphatic rings. The maximum atomic E-state index is 11.9. The third-order valence-corrected chi connectivity index (χ3v) is 2.50. The van der Waals surface area contributed by atoms with Crippen molar-refractivity contribution >= 4 is 22.6 Å². The van der Waals surface area contributed by atoms with E-state index in [0.29, 0.717) is 23.6 Å². The summed E-state index contributed by atoms with van der Waals surface area (Å²) in [6, 6.07) is 6.99. The standard InChI is InChI=1S/C13H14N2O2/c1-3-6-15(2)13(16)12-8-9-7-10(14)4-5-11(9)17-12/h3-5,7-8H,1,6,14H2,2H3. The van der Waals surface area contributed by atoms with Gasteiger partial charge in [0.05, 0.1) is 0 Å². The molecule has 0 aliphatic carbocycles. The molecule has 1 heterocycles. The summed E-state index contributed by atoms with van der Waals surface area (Å²) in [5.74, 6) is 0.148. The van der Waals surface area contributed by atoms with Crippen molar-refractivity contribution in [1.29, 1.82) is 0 Å². The number of amides is 1. The second kappa shape index (κ2) is 4.33. The Labute approximate surface area is 99.3 Å². The molecule has 0 atom stereocenters. The molecule has 0 bridgehead atoms. The van der Waals surface area contributed by atoms with Crippen LogP contribution in [0.5, 0.6) is 0 Å². The first kappa shape index (κ1) is 11.3. The molecule has 0 spiro atoms. The molecular weight excluding hydrogens is 216 g/mol. The van der Waals surface area contributed by atoms with Gasteiger partial charge in [-0.05, 0) is 24.3 Å². The van der Waals surface area contributed by atoms with Crippen molar-refractivity contribution in [2.75, 3.05) is 19.3 Å². The van der Waals surface area contributed by atoms with E-state index in [2.05, 4.69) is 6.58 Å². The van der Waals surface area contributed by atoms with E-state index >= 15 is 0 Å². The Morgan fingerprint density at radius 1 is 1.53 bits per heavy atom. The summed E-state index contributed by atoms with van der Waals surface area (Å²) < 4.78 is 5.47. The monoisotopic (exact) mass is 230 g/mol. The quantitative estimate of drug-likeness (QED) is 0.650. The zero-order valence-electron chi connectivity index (χ0n) is 9.64. The summed E-state index contributed by atoms with van der Waals surface area (Å²) in [6.07, 6.45) is 1.67. The number of benzene rings is 1. The highest BCUT2D eigenvalue weighted by Gasteiger charge is 2.15. The van der Waals surface area contributed by atoms with Crippen molar-refractivity contribution in [2.24, 2.45) is 0 Å². The van der Waals surface area contributed by atoms with E-state index in [-0.39, 0.29) is 5.91 Å². The van der Waals surface area contributed by atoms with Gasteiger partial charge in [0.25, 0.3) is 5.91 Å². The predicted molar refractivity (Wildman–Crippen MR) is 67.8 cm³/mol. The van der Waals surface area contributed by atoms with E-state index < -0.39 is 0 Å². The fourth-order valence-corrected chi connectivity index (χ4v) is 1.63. The third kappa shape index (κ3) is 2.15. The molecule has 2 N–H and O–H groups in total. The van der Waals surface area contributed by atoms with Crippen molar-refractivity contribution in [3.05, 3.63) is 42.7 Å². The first-order chi connectivity index (χ1) is 8.11. The minimum atomic E-state index is -0.167. The van der Waals surface area contributed by atoms with Gasteiger partial charge in [-0.1, -0.05) is 6.08 Å². The molecular formula is C13H14N2O2. The molecule has 4 nitrogen and oxygen atoms in total. The Hall–Kier alpha value is -2.23. The zero-order valence-corrected chi connectivity index (χ0v) is 9.64. The minimum absolute atomic E-state index is 0.167. The smallest absolute Gasteiger partial charge is 0.289 e. The van der Waals surface area contributed by atoms with Gasteiger partial charge in [-0.3, -0.25) is 4.79 Å². The van der Waals surface area contributed by atoms with Crippen LogP contribution < -0.4 is 5.73 Å². The van der Waals surface area contributed by atoms with Gasteiger partial charge in [0.1, 0.15) is 5.58 Å². The van der Waals surface area contributed by atoms with Gasteiger partial charge in [0.15, 0.2) is 5.76 Å². The fourth-order valence-electron chi connectivity index (χ4n) is 1.63. The summed E-state index contributed by atoms with van der Waals surface area (Å²) in [4.78, 5) is 13.5. The van der Waals surface area contributed by atoms with E-state index in [1.807, 2.05) is 0 Å². The first-order valence-electron chi connectivity index (χ1n) is 5.27. The number of anilines is 1. The lowest BCUT2D eigenvalue weighted by Crippen LogP contribution is -2.26. The van der Waals surface area contributed by atoms with E-state index in [1.165, 1.54) is 4.90 Å². The van der Waals surface area contributed by atoms with Crippen molar-refractivity contribution in [1.82, 2.24) is 4.90 Å².